The summed E-state index contributed by atoms with van der Waals surface area (Å²) >= 11 is 0. The predicted octanol–water partition coefficient (Wildman–Crippen LogP) is 0.833. The van der Waals surface area contributed by atoms with Crippen molar-refractivity contribution in [1.82, 2.24) is 0 Å². The fourth-order valence-corrected chi connectivity index (χ4v) is 1.88. The van der Waals surface area contributed by atoms with Crippen LogP contribution in [-0.4, -0.2) is 31.4 Å². The van der Waals surface area contributed by atoms with E-state index in [0.717, 1.165) is 25.9 Å². The van der Waals surface area contributed by atoms with Gasteiger partial charge in [0.25, 0.3) is 10.1 Å². The van der Waals surface area contributed by atoms with Gasteiger partial charge < -0.3 is 4.74 Å². The van der Waals surface area contributed by atoms with Gasteiger partial charge in [0.2, 0.25) is 0 Å². The lowest BCUT2D eigenvalue weighted by Gasteiger charge is -2.21. The highest BCUT2D eigenvalue weighted by atomic mass is 32.2. The summed E-state index contributed by atoms with van der Waals surface area (Å²) in [6, 6.07) is 0. The monoisotopic (exact) mass is 194 g/mol. The summed E-state index contributed by atoms with van der Waals surface area (Å²) in [5.41, 5.74) is 0. The van der Waals surface area contributed by atoms with Crippen molar-refractivity contribution >= 4 is 10.1 Å². The van der Waals surface area contributed by atoms with Crippen LogP contribution in [0.1, 0.15) is 25.7 Å². The van der Waals surface area contributed by atoms with E-state index in [0.29, 0.717) is 6.42 Å². The van der Waals surface area contributed by atoms with Crippen molar-refractivity contribution in [1.29, 1.82) is 0 Å². The summed E-state index contributed by atoms with van der Waals surface area (Å²) < 4.78 is 34.5. The van der Waals surface area contributed by atoms with E-state index < -0.39 is 10.1 Å². The maximum absolute atomic E-state index is 10.4. The highest BCUT2D eigenvalue weighted by molar-refractivity contribution is 7.85. The SMILES string of the molecule is O=S(=O)(O)CCC1CCCCO1. The summed E-state index contributed by atoms with van der Waals surface area (Å²) in [6.07, 6.45) is 3.51. The van der Waals surface area contributed by atoms with Gasteiger partial charge in [-0.15, -0.1) is 0 Å². The lowest BCUT2D eigenvalue weighted by Crippen LogP contribution is -2.22. The molecule has 0 aromatic rings. The van der Waals surface area contributed by atoms with E-state index in [4.69, 9.17) is 9.29 Å². The summed E-state index contributed by atoms with van der Waals surface area (Å²) in [4.78, 5) is 0. The molecule has 1 heterocycles. The minimum Gasteiger partial charge on any atom is -0.378 e. The molecule has 1 aliphatic heterocycles. The molecule has 4 nitrogen and oxygen atoms in total. The van der Waals surface area contributed by atoms with Gasteiger partial charge in [0.15, 0.2) is 0 Å². The van der Waals surface area contributed by atoms with Crippen LogP contribution in [0.25, 0.3) is 0 Å². The van der Waals surface area contributed by atoms with Gasteiger partial charge in [-0.3, -0.25) is 4.55 Å². The molecule has 0 bridgehead atoms. The Morgan fingerprint density at radius 1 is 1.42 bits per heavy atom. The zero-order valence-electron chi connectivity index (χ0n) is 6.90. The molecule has 1 unspecified atom stereocenters. The molecule has 0 radical (unpaired) electrons. The lowest BCUT2D eigenvalue weighted by molar-refractivity contribution is 0.0145. The zero-order chi connectivity index (χ0) is 9.03. The zero-order valence-corrected chi connectivity index (χ0v) is 7.72. The summed E-state index contributed by atoms with van der Waals surface area (Å²) in [5, 5.41) is 0. The van der Waals surface area contributed by atoms with Crippen molar-refractivity contribution in [3.05, 3.63) is 0 Å². The summed E-state index contributed by atoms with van der Waals surface area (Å²) in [5.74, 6) is -0.183. The Morgan fingerprint density at radius 2 is 2.17 bits per heavy atom. The average molecular weight is 194 g/mol. The first-order valence-corrected chi connectivity index (χ1v) is 5.75. The molecule has 1 saturated heterocycles. The van der Waals surface area contributed by atoms with Gasteiger partial charge in [0.1, 0.15) is 0 Å². The van der Waals surface area contributed by atoms with Crippen molar-refractivity contribution in [2.75, 3.05) is 12.4 Å². The van der Waals surface area contributed by atoms with Crippen molar-refractivity contribution in [2.24, 2.45) is 0 Å². The molecule has 0 amide bonds. The van der Waals surface area contributed by atoms with Crippen molar-refractivity contribution in [3.8, 4) is 0 Å². The van der Waals surface area contributed by atoms with Crippen LogP contribution >= 0.6 is 0 Å². The molecule has 1 atom stereocenters. The third-order valence-electron chi connectivity index (χ3n) is 1.97. The molecule has 0 aromatic heterocycles. The number of ether oxygens (including phenoxy) is 1. The summed E-state index contributed by atoms with van der Waals surface area (Å²) in [6.45, 7) is 0.718. The van der Waals surface area contributed by atoms with Crippen LogP contribution in [-0.2, 0) is 14.9 Å². The van der Waals surface area contributed by atoms with Crippen LogP contribution in [0.4, 0.5) is 0 Å². The molecule has 12 heavy (non-hydrogen) atoms. The molecule has 1 fully saturated rings. The molecule has 0 saturated carbocycles. The van der Waals surface area contributed by atoms with Gasteiger partial charge >= 0.3 is 0 Å². The largest absolute Gasteiger partial charge is 0.378 e. The molecular weight excluding hydrogens is 180 g/mol. The quantitative estimate of drug-likeness (QED) is 0.676. The maximum Gasteiger partial charge on any atom is 0.264 e. The predicted molar refractivity (Wildman–Crippen MR) is 44.6 cm³/mol. The fraction of sp³-hybridized carbons (Fsp3) is 1.00. The molecule has 1 aliphatic rings. The van der Waals surface area contributed by atoms with E-state index in [9.17, 15) is 8.42 Å². The Balaban J connectivity index is 2.22. The molecule has 0 spiro atoms. The standard InChI is InChI=1S/C7H14O4S/c8-12(9,10)6-4-7-3-1-2-5-11-7/h7H,1-6H2,(H,8,9,10). The first-order valence-electron chi connectivity index (χ1n) is 4.15. The van der Waals surface area contributed by atoms with Crippen LogP contribution in [0.3, 0.4) is 0 Å². The third kappa shape index (κ3) is 4.04. The van der Waals surface area contributed by atoms with Gasteiger partial charge in [0, 0.05) is 6.61 Å². The van der Waals surface area contributed by atoms with E-state index in [2.05, 4.69) is 0 Å². The lowest BCUT2D eigenvalue weighted by atomic mass is 10.1. The average Bonchev–Trinajstić information content (AvgIpc) is 2.02. The Bertz CT molecular complexity index is 216. The van der Waals surface area contributed by atoms with Crippen molar-refractivity contribution < 1.29 is 17.7 Å². The summed E-state index contributed by atoms with van der Waals surface area (Å²) in [7, 11) is -3.80. The van der Waals surface area contributed by atoms with Crippen molar-refractivity contribution in [2.45, 2.75) is 31.8 Å². The number of rotatable bonds is 3. The Morgan fingerprint density at radius 3 is 2.67 bits per heavy atom. The van der Waals surface area contributed by atoms with Crippen molar-refractivity contribution in [3.63, 3.8) is 0 Å². The first kappa shape index (κ1) is 9.95. The number of hydrogen-bond acceptors (Lipinski definition) is 3. The highest BCUT2D eigenvalue weighted by Gasteiger charge is 2.16. The molecular formula is C7H14O4S. The second-order valence-corrected chi connectivity index (χ2v) is 4.64. The molecule has 1 N–H and O–H groups in total. The van der Waals surface area contributed by atoms with E-state index >= 15 is 0 Å². The Hall–Kier alpha value is -0.130. The minimum absolute atomic E-state index is 0.0284. The number of hydrogen-bond donors (Lipinski definition) is 1. The van der Waals surface area contributed by atoms with E-state index in [1.807, 2.05) is 0 Å². The van der Waals surface area contributed by atoms with Crippen LogP contribution in [0.2, 0.25) is 0 Å². The first-order chi connectivity index (χ1) is 5.58. The third-order valence-corrected chi connectivity index (χ3v) is 2.72. The van der Waals surface area contributed by atoms with Crippen LogP contribution in [0.5, 0.6) is 0 Å². The maximum atomic E-state index is 10.4. The molecule has 5 heteroatoms. The molecule has 0 aromatic carbocycles. The van der Waals surface area contributed by atoms with Gasteiger partial charge in [-0.1, -0.05) is 0 Å². The topological polar surface area (TPSA) is 63.6 Å². The van der Waals surface area contributed by atoms with E-state index in [1.165, 1.54) is 0 Å². The molecule has 1 rings (SSSR count). The van der Waals surface area contributed by atoms with E-state index in [-0.39, 0.29) is 11.9 Å². The van der Waals surface area contributed by atoms with Crippen LogP contribution in [0.15, 0.2) is 0 Å². The smallest absolute Gasteiger partial charge is 0.264 e. The van der Waals surface area contributed by atoms with Gasteiger partial charge in [-0.05, 0) is 25.7 Å². The highest BCUT2D eigenvalue weighted by Crippen LogP contribution is 2.15. The molecule has 72 valence electrons. The van der Waals surface area contributed by atoms with E-state index in [1.54, 1.807) is 0 Å². The fourth-order valence-electron chi connectivity index (χ4n) is 1.32. The van der Waals surface area contributed by atoms with Gasteiger partial charge in [-0.25, -0.2) is 0 Å². The minimum atomic E-state index is -3.80. The Labute approximate surface area is 72.7 Å². The van der Waals surface area contributed by atoms with Gasteiger partial charge in [-0.2, -0.15) is 8.42 Å². The Kier molecular flexibility index (Phi) is 3.49. The normalized spacial score (nSPS) is 25.6. The van der Waals surface area contributed by atoms with Crippen LogP contribution in [0, 0.1) is 0 Å². The second-order valence-electron chi connectivity index (χ2n) is 3.06. The molecule has 0 aliphatic carbocycles. The van der Waals surface area contributed by atoms with Gasteiger partial charge in [0.05, 0.1) is 11.9 Å². The second kappa shape index (κ2) is 4.20. The van der Waals surface area contributed by atoms with Crippen LogP contribution < -0.4 is 0 Å².